The van der Waals surface area contributed by atoms with Gasteiger partial charge in [0.2, 0.25) is 17.8 Å². The van der Waals surface area contributed by atoms with Crippen LogP contribution >= 0.6 is 23.2 Å². The number of aromatic nitrogens is 3. The number of nitrogens with one attached hydrogen (secondary N) is 2. The molecule has 0 aliphatic carbocycles. The number of rotatable bonds is 11. The van der Waals surface area contributed by atoms with E-state index < -0.39 is 0 Å². The zero-order chi connectivity index (χ0) is 31.7. The molecule has 10 heteroatoms. The van der Waals surface area contributed by atoms with Gasteiger partial charge in [-0.25, -0.2) is 5.43 Å². The molecule has 4 aromatic carbocycles. The van der Waals surface area contributed by atoms with Crippen molar-refractivity contribution < 1.29 is 4.74 Å². The lowest BCUT2D eigenvalue weighted by molar-refractivity contribution is 0.306. The normalized spacial score (nSPS) is 13.6. The van der Waals surface area contributed by atoms with E-state index in [9.17, 15) is 0 Å². The summed E-state index contributed by atoms with van der Waals surface area (Å²) >= 11 is 12.3. The van der Waals surface area contributed by atoms with Crippen LogP contribution < -0.4 is 20.4 Å². The first kappa shape index (κ1) is 31.3. The van der Waals surface area contributed by atoms with Crippen molar-refractivity contribution in [3.05, 3.63) is 129 Å². The fourth-order valence-corrected chi connectivity index (χ4v) is 5.74. The number of hydrogen-bond acceptors (Lipinski definition) is 8. The number of hydrazone groups is 1. The molecule has 1 fully saturated rings. The molecule has 1 saturated heterocycles. The Hall–Kier alpha value is -4.66. The first-order chi connectivity index (χ1) is 22.5. The minimum absolute atomic E-state index is 0.344. The average Bonchev–Trinajstić information content (AvgIpc) is 3.07. The Kier molecular flexibility index (Phi) is 10.3. The minimum Gasteiger partial charge on any atom is -0.489 e. The summed E-state index contributed by atoms with van der Waals surface area (Å²) in [4.78, 5) is 16.3. The molecule has 5 aromatic rings. The number of ether oxygens (including phenoxy) is 1. The Labute approximate surface area is 279 Å². The van der Waals surface area contributed by atoms with E-state index in [1.807, 2.05) is 42.5 Å². The molecule has 1 aliphatic heterocycles. The topological polar surface area (TPSA) is 87.6 Å². The van der Waals surface area contributed by atoms with Gasteiger partial charge < -0.3 is 15.0 Å². The fourth-order valence-electron chi connectivity index (χ4n) is 5.28. The van der Waals surface area contributed by atoms with Crippen molar-refractivity contribution in [2.45, 2.75) is 32.8 Å². The molecule has 8 nitrogen and oxygen atoms in total. The second-order valence-electron chi connectivity index (χ2n) is 11.4. The number of aryl methyl sites for hydroxylation is 1. The highest BCUT2D eigenvalue weighted by Gasteiger charge is 2.22. The zero-order valence-corrected chi connectivity index (χ0v) is 27.0. The number of nitrogens with zero attached hydrogens (tertiary/aromatic N) is 5. The minimum atomic E-state index is 0.344. The van der Waals surface area contributed by atoms with Gasteiger partial charge in [-0.15, -0.1) is 0 Å². The van der Waals surface area contributed by atoms with E-state index in [1.54, 1.807) is 18.3 Å². The van der Waals surface area contributed by atoms with Gasteiger partial charge in [0.25, 0.3) is 0 Å². The number of anilines is 4. The van der Waals surface area contributed by atoms with Crippen LogP contribution in [0.2, 0.25) is 10.0 Å². The molecular formula is C36H35Cl2N7O. The molecule has 0 unspecified atom stereocenters. The lowest BCUT2D eigenvalue weighted by atomic mass is 9.90. The van der Waals surface area contributed by atoms with Gasteiger partial charge in [0.1, 0.15) is 12.4 Å². The monoisotopic (exact) mass is 651 g/mol. The lowest BCUT2D eigenvalue weighted by Crippen LogP contribution is -2.35. The van der Waals surface area contributed by atoms with Crippen molar-refractivity contribution in [1.82, 2.24) is 15.0 Å². The maximum atomic E-state index is 6.26. The summed E-state index contributed by atoms with van der Waals surface area (Å²) in [6, 6.07) is 31.8. The van der Waals surface area contributed by atoms with Crippen LogP contribution in [0.5, 0.6) is 5.75 Å². The summed E-state index contributed by atoms with van der Waals surface area (Å²) in [5, 5.41) is 8.91. The number of halogens is 2. The molecule has 46 heavy (non-hydrogen) atoms. The highest BCUT2D eigenvalue weighted by atomic mass is 35.5. The summed E-state index contributed by atoms with van der Waals surface area (Å²) in [5.74, 6) is 2.81. The van der Waals surface area contributed by atoms with Gasteiger partial charge in [-0.2, -0.15) is 20.1 Å². The first-order valence-electron chi connectivity index (χ1n) is 15.3. The number of hydrogen-bond donors (Lipinski definition) is 2. The number of benzene rings is 4. The van der Waals surface area contributed by atoms with Crippen LogP contribution in [0.1, 0.15) is 35.1 Å². The molecule has 0 spiro atoms. The molecule has 0 bridgehead atoms. The molecular weight excluding hydrogens is 617 g/mol. The van der Waals surface area contributed by atoms with E-state index in [2.05, 4.69) is 75.1 Å². The Morgan fingerprint density at radius 1 is 0.870 bits per heavy atom. The summed E-state index contributed by atoms with van der Waals surface area (Å²) < 4.78 is 5.89. The third-order valence-electron chi connectivity index (χ3n) is 7.86. The Bertz CT molecular complexity index is 1760. The van der Waals surface area contributed by atoms with Crippen LogP contribution in [-0.4, -0.2) is 34.3 Å². The third-order valence-corrected chi connectivity index (χ3v) is 8.45. The lowest BCUT2D eigenvalue weighted by Gasteiger charge is -2.32. The number of piperidine rings is 1. The largest absolute Gasteiger partial charge is 0.489 e. The zero-order valence-electron chi connectivity index (χ0n) is 25.5. The second kappa shape index (κ2) is 15.1. The van der Waals surface area contributed by atoms with Gasteiger partial charge in [0, 0.05) is 34.4 Å². The van der Waals surface area contributed by atoms with Crippen molar-refractivity contribution in [3.63, 3.8) is 0 Å². The molecule has 6 rings (SSSR count). The van der Waals surface area contributed by atoms with E-state index in [4.69, 9.17) is 37.9 Å². The van der Waals surface area contributed by atoms with Gasteiger partial charge in [0.05, 0.1) is 6.21 Å². The van der Waals surface area contributed by atoms with Gasteiger partial charge in [0.15, 0.2) is 0 Å². The van der Waals surface area contributed by atoms with Crippen molar-refractivity contribution >= 4 is 52.9 Å². The predicted octanol–water partition coefficient (Wildman–Crippen LogP) is 8.71. The molecule has 1 aliphatic rings. The van der Waals surface area contributed by atoms with Crippen molar-refractivity contribution in [3.8, 4) is 5.75 Å². The molecule has 0 saturated carbocycles. The van der Waals surface area contributed by atoms with Crippen molar-refractivity contribution in [1.29, 1.82) is 0 Å². The fraction of sp³-hybridized carbons (Fsp3) is 0.222. The summed E-state index contributed by atoms with van der Waals surface area (Å²) in [7, 11) is 0. The molecule has 2 N–H and O–H groups in total. The standard InChI is InChI=1S/C36H35Cl2N7O/c1-25-7-13-31(14-8-25)40-34-41-35(43-36(42-34)45-19-17-27(18-20-45)21-26-5-3-2-4-6-26)44-39-23-28-9-15-32(16-10-28)46-24-29-11-12-30(37)22-33(29)38/h2-16,22-23,27H,17-21,24H2,1H3,(H2,40,41,42,43,44)/b39-23+. The van der Waals surface area contributed by atoms with Crippen LogP contribution in [0.15, 0.2) is 102 Å². The van der Waals surface area contributed by atoms with Crippen LogP contribution in [0.4, 0.5) is 23.5 Å². The molecule has 0 amide bonds. The summed E-state index contributed by atoms with van der Waals surface area (Å²) in [5.41, 5.74) is 8.23. The molecule has 0 atom stereocenters. The Morgan fingerprint density at radius 3 is 2.35 bits per heavy atom. The summed E-state index contributed by atoms with van der Waals surface area (Å²) in [6.07, 6.45) is 4.96. The first-order valence-corrected chi connectivity index (χ1v) is 16.1. The Morgan fingerprint density at radius 2 is 1.61 bits per heavy atom. The predicted molar refractivity (Wildman–Crippen MR) is 188 cm³/mol. The molecule has 1 aromatic heterocycles. The van der Waals surface area contributed by atoms with E-state index >= 15 is 0 Å². The quantitative estimate of drug-likeness (QED) is 0.109. The van der Waals surface area contributed by atoms with Crippen LogP contribution in [-0.2, 0) is 13.0 Å². The van der Waals surface area contributed by atoms with Crippen LogP contribution in [0, 0.1) is 12.8 Å². The highest BCUT2D eigenvalue weighted by Crippen LogP contribution is 2.26. The van der Waals surface area contributed by atoms with E-state index in [1.165, 1.54) is 11.1 Å². The Balaban J connectivity index is 1.11. The van der Waals surface area contributed by atoms with Crippen molar-refractivity contribution in [2.24, 2.45) is 11.0 Å². The molecule has 234 valence electrons. The molecule has 0 radical (unpaired) electrons. The van der Waals surface area contributed by atoms with Crippen LogP contribution in [0.3, 0.4) is 0 Å². The maximum absolute atomic E-state index is 6.26. The smallest absolute Gasteiger partial charge is 0.250 e. The van der Waals surface area contributed by atoms with Gasteiger partial charge >= 0.3 is 0 Å². The van der Waals surface area contributed by atoms with E-state index in [-0.39, 0.29) is 0 Å². The average molecular weight is 653 g/mol. The van der Waals surface area contributed by atoms with Crippen LogP contribution in [0.25, 0.3) is 0 Å². The van der Waals surface area contributed by atoms with Gasteiger partial charge in [-0.1, -0.05) is 77.3 Å². The van der Waals surface area contributed by atoms with E-state index in [0.29, 0.717) is 40.4 Å². The third kappa shape index (κ3) is 8.74. The molecule has 2 heterocycles. The van der Waals surface area contributed by atoms with Gasteiger partial charge in [-0.3, -0.25) is 0 Å². The van der Waals surface area contributed by atoms with Gasteiger partial charge in [-0.05, 0) is 91.8 Å². The highest BCUT2D eigenvalue weighted by molar-refractivity contribution is 6.35. The van der Waals surface area contributed by atoms with Crippen molar-refractivity contribution in [2.75, 3.05) is 28.7 Å². The second-order valence-corrected chi connectivity index (χ2v) is 12.2. The maximum Gasteiger partial charge on any atom is 0.250 e. The van der Waals surface area contributed by atoms with E-state index in [0.717, 1.165) is 54.9 Å². The summed E-state index contributed by atoms with van der Waals surface area (Å²) in [6.45, 7) is 4.17. The SMILES string of the molecule is Cc1ccc(Nc2nc(N/N=C/c3ccc(OCc4ccc(Cl)cc4Cl)cc3)nc(N3CCC(Cc4ccccc4)CC3)n2)cc1.